The van der Waals surface area contributed by atoms with Gasteiger partial charge in [-0.1, -0.05) is 12.0 Å². The fourth-order valence-electron chi connectivity index (χ4n) is 1.29. The molecule has 0 atom stereocenters. The molecule has 0 aliphatic heterocycles. The molecule has 80 valence electrons. The summed E-state index contributed by atoms with van der Waals surface area (Å²) in [6, 6.07) is 6.70. The SMILES string of the molecule is CC#CCOc1cc(=O)n2ccccc2n1. The molecule has 2 aromatic heterocycles. The summed E-state index contributed by atoms with van der Waals surface area (Å²) in [5, 5.41) is 0. The van der Waals surface area contributed by atoms with Crippen LogP contribution in [-0.4, -0.2) is 16.0 Å². The Labute approximate surface area is 92.5 Å². The van der Waals surface area contributed by atoms with Crippen LogP contribution in [0.15, 0.2) is 35.3 Å². The summed E-state index contributed by atoms with van der Waals surface area (Å²) >= 11 is 0. The van der Waals surface area contributed by atoms with Crippen LogP contribution in [0.3, 0.4) is 0 Å². The van der Waals surface area contributed by atoms with E-state index < -0.39 is 0 Å². The van der Waals surface area contributed by atoms with Crippen molar-refractivity contribution in [3.8, 4) is 17.7 Å². The molecule has 0 unspecified atom stereocenters. The number of hydrogen-bond acceptors (Lipinski definition) is 3. The van der Waals surface area contributed by atoms with E-state index in [0.717, 1.165) is 0 Å². The predicted molar refractivity (Wildman–Crippen MR) is 60.4 cm³/mol. The number of hydrogen-bond donors (Lipinski definition) is 0. The van der Waals surface area contributed by atoms with Crippen molar-refractivity contribution in [1.82, 2.24) is 9.38 Å². The van der Waals surface area contributed by atoms with Gasteiger partial charge in [-0.2, -0.15) is 4.98 Å². The average Bonchev–Trinajstić information content (AvgIpc) is 2.30. The molecule has 0 bridgehead atoms. The second-order valence-corrected chi connectivity index (χ2v) is 3.08. The normalized spacial score (nSPS) is 9.56. The first-order chi connectivity index (χ1) is 7.81. The maximum absolute atomic E-state index is 11.6. The molecule has 0 fully saturated rings. The zero-order chi connectivity index (χ0) is 11.4. The molecule has 0 amide bonds. The fourth-order valence-corrected chi connectivity index (χ4v) is 1.29. The number of aromatic nitrogens is 2. The monoisotopic (exact) mass is 214 g/mol. The molecule has 0 aromatic carbocycles. The van der Waals surface area contributed by atoms with E-state index in [1.54, 1.807) is 25.3 Å². The largest absolute Gasteiger partial charge is 0.464 e. The van der Waals surface area contributed by atoms with Gasteiger partial charge in [0.05, 0.1) is 6.07 Å². The Morgan fingerprint density at radius 3 is 3.19 bits per heavy atom. The molecule has 2 aromatic rings. The second kappa shape index (κ2) is 4.49. The highest BCUT2D eigenvalue weighted by molar-refractivity contribution is 5.39. The Morgan fingerprint density at radius 1 is 1.50 bits per heavy atom. The molecule has 16 heavy (non-hydrogen) atoms. The first kappa shape index (κ1) is 10.2. The van der Waals surface area contributed by atoms with Crippen LogP contribution in [0.1, 0.15) is 6.92 Å². The van der Waals surface area contributed by atoms with E-state index in [2.05, 4.69) is 16.8 Å². The molecule has 4 nitrogen and oxygen atoms in total. The van der Waals surface area contributed by atoms with Crippen molar-refractivity contribution in [2.45, 2.75) is 6.92 Å². The van der Waals surface area contributed by atoms with Crippen LogP contribution >= 0.6 is 0 Å². The molecule has 0 aliphatic rings. The number of fused-ring (bicyclic) bond motifs is 1. The third-order valence-electron chi connectivity index (χ3n) is 2.02. The van der Waals surface area contributed by atoms with Gasteiger partial charge in [0.1, 0.15) is 5.65 Å². The lowest BCUT2D eigenvalue weighted by Crippen LogP contribution is -2.14. The highest BCUT2D eigenvalue weighted by atomic mass is 16.5. The summed E-state index contributed by atoms with van der Waals surface area (Å²) in [4.78, 5) is 15.8. The molecule has 0 spiro atoms. The van der Waals surface area contributed by atoms with E-state index in [4.69, 9.17) is 4.74 Å². The van der Waals surface area contributed by atoms with Gasteiger partial charge in [0.2, 0.25) is 5.88 Å². The van der Waals surface area contributed by atoms with Crippen molar-refractivity contribution in [2.75, 3.05) is 6.61 Å². The Bertz CT molecular complexity index is 620. The van der Waals surface area contributed by atoms with E-state index in [9.17, 15) is 4.79 Å². The number of rotatable bonds is 2. The Hall–Kier alpha value is -2.28. The van der Waals surface area contributed by atoms with Crippen molar-refractivity contribution in [3.63, 3.8) is 0 Å². The van der Waals surface area contributed by atoms with Crippen LogP contribution in [-0.2, 0) is 0 Å². The van der Waals surface area contributed by atoms with Crippen LogP contribution in [0.2, 0.25) is 0 Å². The minimum atomic E-state index is -0.162. The molecule has 0 aliphatic carbocycles. The van der Waals surface area contributed by atoms with E-state index in [0.29, 0.717) is 11.5 Å². The predicted octanol–water partition coefficient (Wildman–Crippen LogP) is 1.10. The van der Waals surface area contributed by atoms with Gasteiger partial charge in [0.25, 0.3) is 5.56 Å². The van der Waals surface area contributed by atoms with E-state index in [-0.39, 0.29) is 12.2 Å². The molecule has 0 N–H and O–H groups in total. The van der Waals surface area contributed by atoms with Crippen molar-refractivity contribution in [1.29, 1.82) is 0 Å². The average molecular weight is 214 g/mol. The van der Waals surface area contributed by atoms with Crippen molar-refractivity contribution in [3.05, 3.63) is 40.8 Å². The second-order valence-electron chi connectivity index (χ2n) is 3.08. The van der Waals surface area contributed by atoms with Crippen LogP contribution in [0.4, 0.5) is 0 Å². The van der Waals surface area contributed by atoms with Gasteiger partial charge >= 0.3 is 0 Å². The third kappa shape index (κ3) is 2.04. The summed E-state index contributed by atoms with van der Waals surface area (Å²) in [7, 11) is 0. The van der Waals surface area contributed by atoms with Crippen LogP contribution in [0.5, 0.6) is 5.88 Å². The maximum Gasteiger partial charge on any atom is 0.261 e. The zero-order valence-corrected chi connectivity index (χ0v) is 8.80. The van der Waals surface area contributed by atoms with Gasteiger partial charge in [-0.25, -0.2) is 0 Å². The van der Waals surface area contributed by atoms with Crippen molar-refractivity contribution in [2.24, 2.45) is 0 Å². The van der Waals surface area contributed by atoms with Gasteiger partial charge in [0, 0.05) is 6.20 Å². The van der Waals surface area contributed by atoms with Crippen molar-refractivity contribution < 1.29 is 4.74 Å². The fraction of sp³-hybridized carbons (Fsp3) is 0.167. The standard InChI is InChI=1S/C12H10N2O2/c1-2-3-8-16-11-9-12(15)14-7-5-4-6-10(14)13-11/h4-7,9H,8H2,1H3. The molecule has 4 heteroatoms. The molecule has 2 heterocycles. The molecule has 0 radical (unpaired) electrons. The first-order valence-corrected chi connectivity index (χ1v) is 4.82. The number of pyridine rings is 1. The molecule has 0 saturated heterocycles. The van der Waals surface area contributed by atoms with Crippen LogP contribution in [0, 0.1) is 11.8 Å². The Balaban J connectivity index is 2.40. The Morgan fingerprint density at radius 2 is 2.38 bits per heavy atom. The topological polar surface area (TPSA) is 43.6 Å². The summed E-state index contributed by atoms with van der Waals surface area (Å²) in [5.74, 6) is 5.75. The van der Waals surface area contributed by atoms with Crippen LogP contribution < -0.4 is 10.3 Å². The van der Waals surface area contributed by atoms with Gasteiger partial charge in [0.15, 0.2) is 6.61 Å². The van der Waals surface area contributed by atoms with Gasteiger partial charge < -0.3 is 4.74 Å². The molecular formula is C12H10N2O2. The lowest BCUT2D eigenvalue weighted by Gasteiger charge is -2.03. The molecular weight excluding hydrogens is 204 g/mol. The number of ether oxygens (including phenoxy) is 1. The summed E-state index contributed by atoms with van der Waals surface area (Å²) in [6.45, 7) is 1.97. The lowest BCUT2D eigenvalue weighted by atomic mass is 10.4. The van der Waals surface area contributed by atoms with Gasteiger partial charge in [-0.3, -0.25) is 9.20 Å². The third-order valence-corrected chi connectivity index (χ3v) is 2.02. The maximum atomic E-state index is 11.6. The van der Waals surface area contributed by atoms with Gasteiger partial charge in [-0.15, -0.1) is 5.92 Å². The Kier molecular flexibility index (Phi) is 2.88. The minimum absolute atomic E-state index is 0.162. The number of nitrogens with zero attached hydrogens (tertiary/aromatic N) is 2. The summed E-state index contributed by atoms with van der Waals surface area (Å²) < 4.78 is 6.69. The quantitative estimate of drug-likeness (QED) is 0.703. The molecule has 0 saturated carbocycles. The lowest BCUT2D eigenvalue weighted by molar-refractivity contribution is 0.355. The van der Waals surface area contributed by atoms with E-state index in [1.165, 1.54) is 10.5 Å². The highest BCUT2D eigenvalue weighted by Crippen LogP contribution is 2.04. The van der Waals surface area contributed by atoms with E-state index >= 15 is 0 Å². The summed E-state index contributed by atoms with van der Waals surface area (Å²) in [6.07, 6.45) is 1.67. The first-order valence-electron chi connectivity index (χ1n) is 4.82. The molecule has 2 rings (SSSR count). The van der Waals surface area contributed by atoms with Gasteiger partial charge in [-0.05, 0) is 19.1 Å². The van der Waals surface area contributed by atoms with E-state index in [1.807, 2.05) is 6.07 Å². The smallest absolute Gasteiger partial charge is 0.261 e. The zero-order valence-electron chi connectivity index (χ0n) is 8.80. The van der Waals surface area contributed by atoms with Crippen LogP contribution in [0.25, 0.3) is 5.65 Å². The minimum Gasteiger partial charge on any atom is -0.464 e. The van der Waals surface area contributed by atoms with Crippen molar-refractivity contribution >= 4 is 5.65 Å². The highest BCUT2D eigenvalue weighted by Gasteiger charge is 2.01. The summed E-state index contributed by atoms with van der Waals surface area (Å²) in [5.41, 5.74) is 0.402.